The molecule has 1 aromatic heterocycles. The van der Waals surface area contributed by atoms with Gasteiger partial charge in [0.1, 0.15) is 5.76 Å². The first-order valence-corrected chi connectivity index (χ1v) is 6.48. The second-order valence-electron chi connectivity index (χ2n) is 3.80. The lowest BCUT2D eigenvalue weighted by Crippen LogP contribution is -2.25. The zero-order valence-corrected chi connectivity index (χ0v) is 12.1. The van der Waals surface area contributed by atoms with Crippen LogP contribution in [0, 0.1) is 11.6 Å². The fraction of sp³-hybridized carbons (Fsp3) is 0.0769. The van der Waals surface area contributed by atoms with Crippen molar-refractivity contribution in [2.24, 2.45) is 5.10 Å². The Kier molecular flexibility index (Phi) is 5.04. The number of hydrogen-bond donors (Lipinski definition) is 1. The fourth-order valence-corrected chi connectivity index (χ4v) is 1.77. The molecule has 2 aromatic rings. The SMILES string of the molecule is O=C(COc1c(F)cc(Br)cc1F)N/N=C\c1ccco1. The van der Waals surface area contributed by atoms with Gasteiger partial charge in [-0.05, 0) is 24.3 Å². The van der Waals surface area contributed by atoms with Crippen LogP contribution in [0.15, 0.2) is 44.5 Å². The normalized spacial score (nSPS) is 10.8. The summed E-state index contributed by atoms with van der Waals surface area (Å²) in [5.74, 6) is -2.66. The van der Waals surface area contributed by atoms with Gasteiger partial charge in [0.05, 0.1) is 12.5 Å². The second-order valence-corrected chi connectivity index (χ2v) is 4.71. The van der Waals surface area contributed by atoms with Crippen molar-refractivity contribution >= 4 is 28.1 Å². The number of carbonyl (C=O) groups excluding carboxylic acids is 1. The maximum Gasteiger partial charge on any atom is 0.277 e. The maximum absolute atomic E-state index is 13.4. The van der Waals surface area contributed by atoms with Crippen LogP contribution in [-0.2, 0) is 4.79 Å². The Morgan fingerprint density at radius 1 is 1.43 bits per heavy atom. The van der Waals surface area contributed by atoms with Gasteiger partial charge in [0.25, 0.3) is 5.91 Å². The number of rotatable bonds is 5. The van der Waals surface area contributed by atoms with Gasteiger partial charge < -0.3 is 9.15 Å². The molecule has 0 aliphatic rings. The van der Waals surface area contributed by atoms with Gasteiger partial charge in [-0.25, -0.2) is 14.2 Å². The maximum atomic E-state index is 13.4. The highest BCUT2D eigenvalue weighted by Crippen LogP contribution is 2.25. The summed E-state index contributed by atoms with van der Waals surface area (Å²) < 4.78 is 36.8. The number of hydrazone groups is 1. The van der Waals surface area contributed by atoms with Crippen molar-refractivity contribution in [3.8, 4) is 5.75 Å². The molecule has 0 aliphatic heterocycles. The zero-order chi connectivity index (χ0) is 15.2. The Morgan fingerprint density at radius 2 is 2.14 bits per heavy atom. The third-order valence-corrected chi connectivity index (χ3v) is 2.69. The van der Waals surface area contributed by atoms with Gasteiger partial charge in [0, 0.05) is 4.47 Å². The van der Waals surface area contributed by atoms with Crippen LogP contribution in [0.25, 0.3) is 0 Å². The number of hydrogen-bond acceptors (Lipinski definition) is 4. The second kappa shape index (κ2) is 6.98. The van der Waals surface area contributed by atoms with Gasteiger partial charge in [-0.3, -0.25) is 4.79 Å². The van der Waals surface area contributed by atoms with Gasteiger partial charge in [-0.1, -0.05) is 15.9 Å². The molecule has 0 saturated carbocycles. The Morgan fingerprint density at radius 3 is 2.76 bits per heavy atom. The Bertz CT molecular complexity index is 636. The predicted molar refractivity (Wildman–Crippen MR) is 74.0 cm³/mol. The summed E-state index contributed by atoms with van der Waals surface area (Å²) in [6.45, 7) is -0.578. The average Bonchev–Trinajstić information content (AvgIpc) is 2.90. The van der Waals surface area contributed by atoms with Crippen molar-refractivity contribution in [3.05, 3.63) is 52.4 Å². The molecule has 5 nitrogen and oxygen atoms in total. The molecule has 0 unspecified atom stereocenters. The van der Waals surface area contributed by atoms with E-state index in [9.17, 15) is 13.6 Å². The molecule has 1 N–H and O–H groups in total. The predicted octanol–water partition coefficient (Wildman–Crippen LogP) is 2.85. The van der Waals surface area contributed by atoms with E-state index < -0.39 is 29.9 Å². The van der Waals surface area contributed by atoms with Crippen molar-refractivity contribution < 1.29 is 22.7 Å². The van der Waals surface area contributed by atoms with Gasteiger partial charge in [0.15, 0.2) is 24.0 Å². The van der Waals surface area contributed by atoms with Crippen molar-refractivity contribution in [1.29, 1.82) is 0 Å². The molecule has 0 bridgehead atoms. The van der Waals surface area contributed by atoms with Gasteiger partial charge in [-0.15, -0.1) is 0 Å². The summed E-state index contributed by atoms with van der Waals surface area (Å²) in [4.78, 5) is 11.4. The number of nitrogens with zero attached hydrogens (tertiary/aromatic N) is 1. The van der Waals surface area contributed by atoms with E-state index in [1.807, 2.05) is 0 Å². The smallest absolute Gasteiger partial charge is 0.277 e. The molecular formula is C13H9BrF2N2O3. The molecule has 1 amide bonds. The largest absolute Gasteiger partial charge is 0.478 e. The minimum atomic E-state index is -0.909. The number of furan rings is 1. The number of nitrogens with one attached hydrogen (secondary N) is 1. The van der Waals surface area contributed by atoms with E-state index in [0.717, 1.165) is 12.1 Å². The summed E-state index contributed by atoms with van der Waals surface area (Å²) in [5, 5.41) is 3.59. The van der Waals surface area contributed by atoms with Crippen LogP contribution >= 0.6 is 15.9 Å². The third-order valence-electron chi connectivity index (χ3n) is 2.23. The highest BCUT2D eigenvalue weighted by Gasteiger charge is 2.13. The molecule has 0 radical (unpaired) electrons. The van der Waals surface area contributed by atoms with Gasteiger partial charge in [0.2, 0.25) is 0 Å². The molecule has 2 rings (SSSR count). The van der Waals surface area contributed by atoms with E-state index in [1.54, 1.807) is 12.1 Å². The van der Waals surface area contributed by atoms with Crippen molar-refractivity contribution in [3.63, 3.8) is 0 Å². The Labute approximate surface area is 126 Å². The van der Waals surface area contributed by atoms with Crippen molar-refractivity contribution in [2.45, 2.75) is 0 Å². The van der Waals surface area contributed by atoms with Crippen LogP contribution < -0.4 is 10.2 Å². The summed E-state index contributed by atoms with van der Waals surface area (Å²) in [5.41, 5.74) is 2.13. The number of ether oxygens (including phenoxy) is 1. The number of halogens is 3. The first-order valence-electron chi connectivity index (χ1n) is 5.69. The van der Waals surface area contributed by atoms with Crippen molar-refractivity contribution in [2.75, 3.05) is 6.61 Å². The Hall–Kier alpha value is -2.22. The van der Waals surface area contributed by atoms with E-state index >= 15 is 0 Å². The average molecular weight is 359 g/mol. The highest BCUT2D eigenvalue weighted by atomic mass is 79.9. The van der Waals surface area contributed by atoms with Crippen LogP contribution in [0.3, 0.4) is 0 Å². The van der Waals surface area contributed by atoms with E-state index in [1.165, 1.54) is 12.5 Å². The molecular weight excluding hydrogens is 350 g/mol. The van der Waals surface area contributed by atoms with Crippen LogP contribution in [0.5, 0.6) is 5.75 Å². The number of benzene rings is 1. The molecule has 0 aliphatic carbocycles. The lowest BCUT2D eigenvalue weighted by atomic mass is 10.3. The third kappa shape index (κ3) is 4.38. The molecule has 0 fully saturated rings. The van der Waals surface area contributed by atoms with E-state index in [0.29, 0.717) is 5.76 Å². The van der Waals surface area contributed by atoms with E-state index in [-0.39, 0.29) is 4.47 Å². The fourth-order valence-electron chi connectivity index (χ4n) is 1.37. The summed E-state index contributed by atoms with van der Waals surface area (Å²) >= 11 is 2.94. The van der Waals surface area contributed by atoms with E-state index in [2.05, 4.69) is 26.5 Å². The first-order chi connectivity index (χ1) is 10.1. The minimum Gasteiger partial charge on any atom is -0.478 e. The topological polar surface area (TPSA) is 63.8 Å². The molecule has 1 aromatic carbocycles. The van der Waals surface area contributed by atoms with Gasteiger partial charge in [-0.2, -0.15) is 5.10 Å². The lowest BCUT2D eigenvalue weighted by molar-refractivity contribution is -0.123. The zero-order valence-electron chi connectivity index (χ0n) is 10.5. The quantitative estimate of drug-likeness (QED) is 0.660. The summed E-state index contributed by atoms with van der Waals surface area (Å²) in [7, 11) is 0. The van der Waals surface area contributed by atoms with Gasteiger partial charge >= 0.3 is 0 Å². The van der Waals surface area contributed by atoms with Crippen LogP contribution in [-0.4, -0.2) is 18.7 Å². The standard InChI is InChI=1S/C13H9BrF2N2O3/c14-8-4-10(15)13(11(16)5-8)21-7-12(19)18-17-6-9-2-1-3-20-9/h1-6H,7H2,(H,18,19)/b17-6-. The number of carbonyl (C=O) groups is 1. The summed E-state index contributed by atoms with van der Waals surface area (Å²) in [6, 6.07) is 5.36. The molecule has 21 heavy (non-hydrogen) atoms. The van der Waals surface area contributed by atoms with Crippen LogP contribution in [0.4, 0.5) is 8.78 Å². The van der Waals surface area contributed by atoms with Crippen LogP contribution in [0.2, 0.25) is 0 Å². The first kappa shape index (κ1) is 15.2. The summed E-state index contributed by atoms with van der Waals surface area (Å²) in [6.07, 6.45) is 2.73. The Balaban J connectivity index is 1.87. The highest BCUT2D eigenvalue weighted by molar-refractivity contribution is 9.10. The van der Waals surface area contributed by atoms with E-state index in [4.69, 9.17) is 9.15 Å². The molecule has 1 heterocycles. The molecule has 0 atom stereocenters. The molecule has 8 heteroatoms. The molecule has 0 spiro atoms. The van der Waals surface area contributed by atoms with Crippen LogP contribution in [0.1, 0.15) is 5.76 Å². The monoisotopic (exact) mass is 358 g/mol. The molecule has 0 saturated heterocycles. The number of amides is 1. The lowest BCUT2D eigenvalue weighted by Gasteiger charge is -2.07. The molecule has 110 valence electrons. The minimum absolute atomic E-state index is 0.234. The van der Waals surface area contributed by atoms with Crippen molar-refractivity contribution in [1.82, 2.24) is 5.43 Å².